The number of hydrogen-bond acceptors (Lipinski definition) is 1. The first-order chi connectivity index (χ1) is 5.46. The lowest BCUT2D eigenvalue weighted by molar-refractivity contribution is 0.303. The highest BCUT2D eigenvalue weighted by Gasteiger charge is 2.38. The molecule has 0 atom stereocenters. The van der Waals surface area contributed by atoms with Crippen LogP contribution in [0.1, 0.15) is 20.8 Å². The molecule has 0 amide bonds. The first-order valence-electron chi connectivity index (χ1n) is 4.16. The van der Waals surface area contributed by atoms with Crippen molar-refractivity contribution < 1.29 is 4.43 Å². The van der Waals surface area contributed by atoms with Gasteiger partial charge in [-0.25, -0.2) is 0 Å². The molecule has 0 aromatic carbocycles. The lowest BCUT2D eigenvalue weighted by Gasteiger charge is -2.37. The number of hydrogen-bond donors (Lipinski definition) is 0. The van der Waals surface area contributed by atoms with Gasteiger partial charge in [-0.05, 0) is 18.1 Å². The Morgan fingerprint density at radius 2 is 1.46 bits per heavy atom. The van der Waals surface area contributed by atoms with E-state index in [1.54, 1.807) is 0 Å². The van der Waals surface area contributed by atoms with Crippen LogP contribution in [0.2, 0.25) is 18.1 Å². The molecule has 0 aliphatic rings. The van der Waals surface area contributed by atoms with Gasteiger partial charge < -0.3 is 4.43 Å². The van der Waals surface area contributed by atoms with Crippen LogP contribution >= 0.6 is 47.8 Å². The van der Waals surface area contributed by atoms with Crippen molar-refractivity contribution in [2.75, 3.05) is 6.61 Å². The van der Waals surface area contributed by atoms with E-state index < -0.39 is 8.32 Å². The lowest BCUT2D eigenvalue weighted by atomic mass is 10.2. The van der Waals surface area contributed by atoms with E-state index in [0.717, 1.165) is 0 Å². The van der Waals surface area contributed by atoms with Gasteiger partial charge in [-0.2, -0.15) is 0 Å². The van der Waals surface area contributed by atoms with Crippen molar-refractivity contribution in [2.45, 2.75) is 41.0 Å². The zero-order valence-electron chi connectivity index (χ0n) is 8.75. The molecular formula is C8H17Br3OSi. The highest BCUT2D eigenvalue weighted by atomic mass is 80.0. The number of rotatable bonds is 2. The van der Waals surface area contributed by atoms with Crippen LogP contribution in [0.25, 0.3) is 0 Å². The van der Waals surface area contributed by atoms with Crippen LogP contribution < -0.4 is 0 Å². The standard InChI is InChI=1S/C8H17Br3OSi/c1-7(2,3)13(4,5)12-6-8(9,10)11/h6H2,1-5H3. The molecule has 0 aliphatic heterocycles. The predicted molar refractivity (Wildman–Crippen MR) is 72.7 cm³/mol. The summed E-state index contributed by atoms with van der Waals surface area (Å²) in [5.41, 5.74) is 0. The van der Waals surface area contributed by atoms with Crippen LogP contribution in [-0.2, 0) is 4.43 Å². The Morgan fingerprint density at radius 3 is 1.69 bits per heavy atom. The molecule has 0 N–H and O–H groups in total. The van der Waals surface area contributed by atoms with Crippen molar-refractivity contribution in [3.05, 3.63) is 0 Å². The smallest absolute Gasteiger partial charge is 0.192 e. The Labute approximate surface area is 108 Å². The van der Waals surface area contributed by atoms with Gasteiger partial charge in [-0.3, -0.25) is 0 Å². The third-order valence-corrected chi connectivity index (χ3v) is 7.57. The average molecular weight is 397 g/mol. The molecule has 0 rings (SSSR count). The minimum absolute atomic E-state index is 0.269. The van der Waals surface area contributed by atoms with Crippen molar-refractivity contribution in [3.63, 3.8) is 0 Å². The predicted octanol–water partition coefficient (Wildman–Crippen LogP) is 4.85. The van der Waals surface area contributed by atoms with Crippen molar-refractivity contribution in [1.82, 2.24) is 0 Å². The zero-order chi connectivity index (χ0) is 10.9. The van der Waals surface area contributed by atoms with E-state index >= 15 is 0 Å². The first kappa shape index (κ1) is 14.6. The summed E-state index contributed by atoms with van der Waals surface area (Å²) >= 11 is 10.3. The van der Waals surface area contributed by atoms with Gasteiger partial charge in [0, 0.05) is 0 Å². The summed E-state index contributed by atoms with van der Waals surface area (Å²) in [5.74, 6) is 0. The Balaban J connectivity index is 4.21. The van der Waals surface area contributed by atoms with Gasteiger partial charge in [0.1, 0.15) is 0 Å². The van der Waals surface area contributed by atoms with Crippen molar-refractivity contribution in [2.24, 2.45) is 0 Å². The average Bonchev–Trinajstić information content (AvgIpc) is 1.79. The normalized spacial score (nSPS) is 14.8. The second-order valence-electron chi connectivity index (χ2n) is 4.66. The van der Waals surface area contributed by atoms with Gasteiger partial charge >= 0.3 is 0 Å². The van der Waals surface area contributed by atoms with Crippen LogP contribution in [0.3, 0.4) is 0 Å². The van der Waals surface area contributed by atoms with E-state index in [-0.39, 0.29) is 7.18 Å². The summed E-state index contributed by atoms with van der Waals surface area (Å²) in [5, 5.41) is 0.269. The van der Waals surface area contributed by atoms with Gasteiger partial charge in [-0.15, -0.1) is 0 Å². The maximum absolute atomic E-state index is 5.96. The molecule has 0 aromatic rings. The summed E-state index contributed by atoms with van der Waals surface area (Å²) in [7, 11) is -1.60. The molecule has 0 unspecified atom stereocenters. The summed E-state index contributed by atoms with van der Waals surface area (Å²) in [6.45, 7) is 11.8. The van der Waals surface area contributed by atoms with E-state index in [9.17, 15) is 0 Å². The van der Waals surface area contributed by atoms with Crippen LogP contribution in [0.5, 0.6) is 0 Å². The Bertz CT molecular complexity index is 169. The minimum atomic E-state index is -1.60. The molecule has 0 saturated carbocycles. The molecule has 0 heterocycles. The third-order valence-electron chi connectivity index (χ3n) is 2.40. The molecule has 0 fully saturated rings. The first-order valence-corrected chi connectivity index (χ1v) is 9.45. The highest BCUT2D eigenvalue weighted by Crippen LogP contribution is 2.40. The van der Waals surface area contributed by atoms with Crippen molar-refractivity contribution in [3.8, 4) is 0 Å². The molecule has 0 aliphatic carbocycles. The van der Waals surface area contributed by atoms with Crippen LogP contribution in [0, 0.1) is 0 Å². The molecule has 0 radical (unpaired) electrons. The lowest BCUT2D eigenvalue weighted by Crippen LogP contribution is -2.42. The van der Waals surface area contributed by atoms with Crippen LogP contribution in [0.4, 0.5) is 0 Å². The second-order valence-corrected chi connectivity index (χ2v) is 16.7. The number of halogens is 3. The topological polar surface area (TPSA) is 9.23 Å². The van der Waals surface area contributed by atoms with E-state index in [0.29, 0.717) is 6.61 Å². The van der Waals surface area contributed by atoms with Gasteiger partial charge in [0.2, 0.25) is 0 Å². The Morgan fingerprint density at radius 1 is 1.08 bits per heavy atom. The maximum atomic E-state index is 5.96. The Kier molecular flexibility index (Phi) is 5.22. The highest BCUT2D eigenvalue weighted by molar-refractivity contribution is 9.39. The van der Waals surface area contributed by atoms with Crippen LogP contribution in [-0.4, -0.2) is 17.1 Å². The number of alkyl halides is 3. The largest absolute Gasteiger partial charge is 0.414 e. The molecule has 0 aromatic heterocycles. The van der Waals surface area contributed by atoms with Gasteiger partial charge in [-0.1, -0.05) is 68.6 Å². The fourth-order valence-corrected chi connectivity index (χ4v) is 2.47. The molecule has 0 saturated heterocycles. The molecule has 1 nitrogen and oxygen atoms in total. The summed E-state index contributed by atoms with van der Waals surface area (Å²) in [4.78, 5) is 0. The molecule has 0 spiro atoms. The van der Waals surface area contributed by atoms with Crippen molar-refractivity contribution >= 4 is 56.1 Å². The van der Waals surface area contributed by atoms with E-state index in [1.165, 1.54) is 0 Å². The maximum Gasteiger partial charge on any atom is 0.192 e. The summed E-state index contributed by atoms with van der Waals surface area (Å²) in [6, 6.07) is 0. The van der Waals surface area contributed by atoms with E-state index in [1.807, 2.05) is 0 Å². The van der Waals surface area contributed by atoms with Gasteiger partial charge in [0.15, 0.2) is 10.5 Å². The quantitative estimate of drug-likeness (QED) is 0.479. The molecule has 5 heteroatoms. The van der Waals surface area contributed by atoms with Crippen LogP contribution in [0.15, 0.2) is 0 Å². The molecule has 0 bridgehead atoms. The molecule has 80 valence electrons. The van der Waals surface area contributed by atoms with Gasteiger partial charge in [0.25, 0.3) is 0 Å². The van der Waals surface area contributed by atoms with E-state index in [4.69, 9.17) is 4.43 Å². The SMILES string of the molecule is CC(C)(C)[Si](C)(C)OCC(Br)(Br)Br. The van der Waals surface area contributed by atoms with E-state index in [2.05, 4.69) is 81.7 Å². The fraction of sp³-hybridized carbons (Fsp3) is 1.00. The third kappa shape index (κ3) is 5.92. The summed E-state index contributed by atoms with van der Waals surface area (Å²) < 4.78 is 5.68. The monoisotopic (exact) mass is 394 g/mol. The molecular weight excluding hydrogens is 380 g/mol. The van der Waals surface area contributed by atoms with Crippen molar-refractivity contribution in [1.29, 1.82) is 0 Å². The summed E-state index contributed by atoms with van der Waals surface area (Å²) in [6.07, 6.45) is 0. The zero-order valence-corrected chi connectivity index (χ0v) is 14.5. The molecule has 13 heavy (non-hydrogen) atoms. The second kappa shape index (κ2) is 4.64. The van der Waals surface area contributed by atoms with Gasteiger partial charge in [0.05, 0.1) is 6.61 Å². The Hall–Kier alpha value is 1.62. The fourth-order valence-electron chi connectivity index (χ4n) is 0.479. The minimum Gasteiger partial charge on any atom is -0.414 e.